The van der Waals surface area contributed by atoms with Gasteiger partial charge in [0.05, 0.1) is 12.1 Å². The maximum absolute atomic E-state index is 13.6. The van der Waals surface area contributed by atoms with Gasteiger partial charge < -0.3 is 10.6 Å². The fraction of sp³-hybridized carbons (Fsp3) is 0.364. The zero-order valence-electron chi connectivity index (χ0n) is 15.9. The van der Waals surface area contributed by atoms with E-state index < -0.39 is 11.7 Å². The van der Waals surface area contributed by atoms with Crippen molar-refractivity contribution in [3.8, 4) is 0 Å². The van der Waals surface area contributed by atoms with Crippen LogP contribution in [-0.4, -0.2) is 36.3 Å². The molecule has 1 heterocycles. The van der Waals surface area contributed by atoms with E-state index in [9.17, 15) is 14.0 Å². The van der Waals surface area contributed by atoms with Crippen LogP contribution in [0.5, 0.6) is 0 Å². The second-order valence-corrected chi connectivity index (χ2v) is 7.09. The van der Waals surface area contributed by atoms with Crippen molar-refractivity contribution in [2.75, 3.05) is 19.6 Å². The maximum atomic E-state index is 13.6. The molecule has 0 spiro atoms. The Balaban J connectivity index is 1.40. The quantitative estimate of drug-likeness (QED) is 0.773. The van der Waals surface area contributed by atoms with Gasteiger partial charge in [-0.1, -0.05) is 42.8 Å². The third kappa shape index (κ3) is 5.89. The van der Waals surface area contributed by atoms with Gasteiger partial charge in [0.1, 0.15) is 5.82 Å². The lowest BCUT2D eigenvalue weighted by molar-refractivity contribution is -0.120. The van der Waals surface area contributed by atoms with Gasteiger partial charge in [0, 0.05) is 13.1 Å². The van der Waals surface area contributed by atoms with Crippen LogP contribution in [0, 0.1) is 5.82 Å². The first-order chi connectivity index (χ1) is 13.6. The Hall–Kier alpha value is -2.73. The highest BCUT2D eigenvalue weighted by Crippen LogP contribution is 2.13. The van der Waals surface area contributed by atoms with E-state index in [1.807, 2.05) is 12.1 Å². The highest BCUT2D eigenvalue weighted by atomic mass is 19.1. The van der Waals surface area contributed by atoms with Gasteiger partial charge in [0.15, 0.2) is 0 Å². The van der Waals surface area contributed by atoms with Crippen LogP contribution < -0.4 is 10.6 Å². The molecule has 1 fully saturated rings. The van der Waals surface area contributed by atoms with Gasteiger partial charge in [-0.25, -0.2) is 4.39 Å². The van der Waals surface area contributed by atoms with Crippen LogP contribution in [0.2, 0.25) is 0 Å². The predicted molar refractivity (Wildman–Crippen MR) is 106 cm³/mol. The van der Waals surface area contributed by atoms with E-state index in [1.165, 1.54) is 43.0 Å². The van der Waals surface area contributed by atoms with Gasteiger partial charge in [-0.05, 0) is 49.2 Å². The molecular formula is C22H26FN3O2. The lowest BCUT2D eigenvalue weighted by Crippen LogP contribution is -2.36. The molecule has 0 saturated carbocycles. The second-order valence-electron chi connectivity index (χ2n) is 7.09. The van der Waals surface area contributed by atoms with Crippen LogP contribution in [0.15, 0.2) is 48.5 Å². The van der Waals surface area contributed by atoms with Gasteiger partial charge in [0.25, 0.3) is 5.91 Å². The SMILES string of the molecule is O=C(CNC(=O)c1ccccc1F)NCc1ccc(CN2CCCCC2)cc1. The molecule has 28 heavy (non-hydrogen) atoms. The summed E-state index contributed by atoms with van der Waals surface area (Å²) in [5.74, 6) is -1.53. The summed E-state index contributed by atoms with van der Waals surface area (Å²) in [7, 11) is 0. The summed E-state index contributed by atoms with van der Waals surface area (Å²) < 4.78 is 13.6. The fourth-order valence-corrected chi connectivity index (χ4v) is 3.30. The number of nitrogens with one attached hydrogen (secondary N) is 2. The number of hydrogen-bond donors (Lipinski definition) is 2. The molecule has 1 aliphatic heterocycles. The number of nitrogens with zero attached hydrogens (tertiary/aromatic N) is 1. The van der Waals surface area contributed by atoms with Crippen LogP contribution in [0.4, 0.5) is 4.39 Å². The van der Waals surface area contributed by atoms with E-state index in [1.54, 1.807) is 6.07 Å². The highest BCUT2D eigenvalue weighted by Gasteiger charge is 2.12. The number of carbonyl (C=O) groups excluding carboxylic acids is 2. The lowest BCUT2D eigenvalue weighted by Gasteiger charge is -2.26. The molecule has 2 N–H and O–H groups in total. The molecule has 0 radical (unpaired) electrons. The van der Waals surface area contributed by atoms with Crippen molar-refractivity contribution in [1.29, 1.82) is 0 Å². The lowest BCUT2D eigenvalue weighted by atomic mass is 10.1. The van der Waals surface area contributed by atoms with E-state index in [0.717, 1.165) is 25.2 Å². The van der Waals surface area contributed by atoms with E-state index in [-0.39, 0.29) is 18.0 Å². The monoisotopic (exact) mass is 383 g/mol. The van der Waals surface area contributed by atoms with Gasteiger partial charge in [-0.3, -0.25) is 14.5 Å². The maximum Gasteiger partial charge on any atom is 0.254 e. The third-order valence-corrected chi connectivity index (χ3v) is 4.90. The van der Waals surface area contributed by atoms with Crippen LogP contribution in [-0.2, 0) is 17.9 Å². The van der Waals surface area contributed by atoms with Crippen molar-refractivity contribution in [2.45, 2.75) is 32.4 Å². The minimum atomic E-state index is -0.606. The molecule has 6 heteroatoms. The molecule has 0 unspecified atom stereocenters. The first-order valence-corrected chi connectivity index (χ1v) is 9.71. The number of rotatable bonds is 7. The standard InChI is InChI=1S/C22H26FN3O2/c23-20-7-3-2-6-19(20)22(28)25-15-21(27)24-14-17-8-10-18(11-9-17)16-26-12-4-1-5-13-26/h2-3,6-11H,1,4-5,12-16H2,(H,24,27)(H,25,28). The van der Waals surface area contributed by atoms with Gasteiger partial charge in [0.2, 0.25) is 5.91 Å². The van der Waals surface area contributed by atoms with Crippen molar-refractivity contribution >= 4 is 11.8 Å². The van der Waals surface area contributed by atoms with Crippen molar-refractivity contribution in [2.24, 2.45) is 0 Å². The summed E-state index contributed by atoms with van der Waals surface area (Å²) in [4.78, 5) is 26.3. The number of halogens is 1. The van der Waals surface area contributed by atoms with Gasteiger partial charge in [-0.2, -0.15) is 0 Å². The number of benzene rings is 2. The number of likely N-dealkylation sites (tertiary alicyclic amines) is 1. The number of amides is 2. The molecule has 5 nitrogen and oxygen atoms in total. The van der Waals surface area contributed by atoms with E-state index in [4.69, 9.17) is 0 Å². The molecule has 1 saturated heterocycles. The average molecular weight is 383 g/mol. The summed E-state index contributed by atoms with van der Waals surface area (Å²) in [5, 5.41) is 5.20. The van der Waals surface area contributed by atoms with Crippen LogP contribution >= 0.6 is 0 Å². The molecule has 0 aromatic heterocycles. The number of carbonyl (C=O) groups is 2. The Bertz CT molecular complexity index is 802. The third-order valence-electron chi connectivity index (χ3n) is 4.90. The molecular weight excluding hydrogens is 357 g/mol. The highest BCUT2D eigenvalue weighted by molar-refractivity contribution is 5.96. The summed E-state index contributed by atoms with van der Waals surface area (Å²) in [6.45, 7) is 3.49. The average Bonchev–Trinajstić information content (AvgIpc) is 2.72. The molecule has 2 aromatic rings. The minimum absolute atomic E-state index is 0.0698. The Morgan fingerprint density at radius 1 is 0.893 bits per heavy atom. The van der Waals surface area contributed by atoms with Crippen molar-refractivity contribution < 1.29 is 14.0 Å². The molecule has 0 atom stereocenters. The summed E-state index contributed by atoms with van der Waals surface area (Å²) in [6, 6.07) is 13.9. The molecule has 148 valence electrons. The molecule has 2 aromatic carbocycles. The second kappa shape index (κ2) is 9.99. The van der Waals surface area contributed by atoms with Crippen LogP contribution in [0.3, 0.4) is 0 Å². The summed E-state index contributed by atoms with van der Waals surface area (Å²) >= 11 is 0. The largest absolute Gasteiger partial charge is 0.350 e. The normalized spacial score (nSPS) is 14.5. The number of piperidine rings is 1. The fourth-order valence-electron chi connectivity index (χ4n) is 3.30. The molecule has 1 aliphatic rings. The van der Waals surface area contributed by atoms with Crippen molar-refractivity contribution in [3.63, 3.8) is 0 Å². The number of hydrogen-bond acceptors (Lipinski definition) is 3. The zero-order chi connectivity index (χ0) is 19.8. The molecule has 2 amide bonds. The van der Waals surface area contributed by atoms with Crippen molar-refractivity contribution in [3.05, 3.63) is 71.0 Å². The summed E-state index contributed by atoms with van der Waals surface area (Å²) in [5.41, 5.74) is 2.20. The Kier molecular flexibility index (Phi) is 7.14. The molecule has 0 bridgehead atoms. The first kappa shape index (κ1) is 20.0. The molecule has 3 rings (SSSR count). The Morgan fingerprint density at radius 2 is 1.57 bits per heavy atom. The van der Waals surface area contributed by atoms with Crippen LogP contribution in [0.1, 0.15) is 40.7 Å². The predicted octanol–water partition coefficient (Wildman–Crippen LogP) is 2.86. The van der Waals surface area contributed by atoms with E-state index in [2.05, 4.69) is 27.7 Å². The smallest absolute Gasteiger partial charge is 0.254 e. The first-order valence-electron chi connectivity index (χ1n) is 9.71. The minimum Gasteiger partial charge on any atom is -0.350 e. The zero-order valence-corrected chi connectivity index (χ0v) is 15.9. The summed E-state index contributed by atoms with van der Waals surface area (Å²) in [6.07, 6.45) is 3.88. The Morgan fingerprint density at radius 3 is 2.29 bits per heavy atom. The van der Waals surface area contributed by atoms with E-state index >= 15 is 0 Å². The van der Waals surface area contributed by atoms with Crippen molar-refractivity contribution in [1.82, 2.24) is 15.5 Å². The molecule has 0 aliphatic carbocycles. The topological polar surface area (TPSA) is 61.4 Å². The van der Waals surface area contributed by atoms with Crippen LogP contribution in [0.25, 0.3) is 0 Å². The Labute approximate surface area is 164 Å². The van der Waals surface area contributed by atoms with Gasteiger partial charge in [-0.15, -0.1) is 0 Å². The van der Waals surface area contributed by atoms with Gasteiger partial charge >= 0.3 is 0 Å². The van der Waals surface area contributed by atoms with E-state index in [0.29, 0.717) is 6.54 Å².